The Morgan fingerprint density at radius 1 is 1.26 bits per heavy atom. The summed E-state index contributed by atoms with van der Waals surface area (Å²) in [5.74, 6) is 0.0586. The monoisotopic (exact) mass is 317 g/mol. The quantitative estimate of drug-likeness (QED) is 0.701. The third-order valence-electron chi connectivity index (χ3n) is 3.93. The van der Waals surface area contributed by atoms with E-state index in [1.54, 1.807) is 6.34 Å². The molecule has 8 heteroatoms. The van der Waals surface area contributed by atoms with Crippen LogP contribution in [0, 0.1) is 5.82 Å². The Kier molecular flexibility index (Phi) is 3.38. The second-order valence-electron chi connectivity index (χ2n) is 5.46. The summed E-state index contributed by atoms with van der Waals surface area (Å²) in [5.41, 5.74) is 1.95. The van der Waals surface area contributed by atoms with Crippen LogP contribution in [0.2, 0.25) is 0 Å². The van der Waals surface area contributed by atoms with Gasteiger partial charge in [-0.3, -0.25) is 0 Å². The predicted molar refractivity (Wildman–Crippen MR) is 83.4 cm³/mol. The summed E-state index contributed by atoms with van der Waals surface area (Å²) < 4.78 is 19.0. The molecule has 0 saturated carbocycles. The minimum Gasteiger partial charge on any atom is -0.508 e. The summed E-state index contributed by atoms with van der Waals surface area (Å²) in [7, 11) is 0. The van der Waals surface area contributed by atoms with Crippen LogP contribution in [0.4, 0.5) is 4.39 Å². The van der Waals surface area contributed by atoms with E-state index in [0.717, 1.165) is 24.9 Å². The van der Waals surface area contributed by atoms with Gasteiger partial charge in [0.15, 0.2) is 6.17 Å². The average molecular weight is 317 g/mol. The van der Waals surface area contributed by atoms with Crippen LogP contribution in [0.15, 0.2) is 33.9 Å². The molecule has 3 aliphatic rings. The Balaban J connectivity index is 1.70. The van der Waals surface area contributed by atoms with E-state index in [9.17, 15) is 9.50 Å². The second-order valence-corrected chi connectivity index (χ2v) is 5.46. The van der Waals surface area contributed by atoms with E-state index >= 15 is 0 Å². The van der Waals surface area contributed by atoms with Gasteiger partial charge in [-0.15, -0.1) is 0 Å². The van der Waals surface area contributed by atoms with Crippen molar-refractivity contribution in [3.63, 3.8) is 0 Å². The van der Waals surface area contributed by atoms with Gasteiger partial charge in [-0.05, 0) is 12.1 Å². The third-order valence-corrected chi connectivity index (χ3v) is 3.93. The molecule has 0 amide bonds. The highest BCUT2D eigenvalue weighted by atomic mass is 19.1. The fourth-order valence-corrected chi connectivity index (χ4v) is 2.83. The first-order valence-electron chi connectivity index (χ1n) is 7.40. The van der Waals surface area contributed by atoms with E-state index in [4.69, 9.17) is 4.74 Å². The number of nitrogens with one attached hydrogen (secondary N) is 2. The first kappa shape index (κ1) is 14.0. The lowest BCUT2D eigenvalue weighted by atomic mass is 10.1. The molecule has 1 atom stereocenters. The second kappa shape index (κ2) is 5.54. The lowest BCUT2D eigenvalue weighted by Gasteiger charge is -2.33. The zero-order valence-corrected chi connectivity index (χ0v) is 12.3. The maximum Gasteiger partial charge on any atom is 0.201 e. The Bertz CT molecular complexity index is 704. The van der Waals surface area contributed by atoms with E-state index in [2.05, 4.69) is 25.5 Å². The number of rotatable bonds is 1. The lowest BCUT2D eigenvalue weighted by molar-refractivity contribution is 0.0667. The minimum atomic E-state index is -0.499. The molecule has 7 nitrogen and oxygen atoms in total. The summed E-state index contributed by atoms with van der Waals surface area (Å²) in [6.45, 7) is 2.73. The van der Waals surface area contributed by atoms with Gasteiger partial charge >= 0.3 is 0 Å². The molecule has 1 aromatic rings. The SMILES string of the molecule is Oc1cc(F)cc(C2=C3NC=NC3N=C(N3CCOCC3)N2)c1. The molecule has 3 N–H and O–H groups in total. The number of nitrogens with zero attached hydrogens (tertiary/aromatic N) is 3. The van der Waals surface area contributed by atoms with Gasteiger partial charge in [-0.2, -0.15) is 0 Å². The van der Waals surface area contributed by atoms with Gasteiger partial charge in [-0.1, -0.05) is 0 Å². The predicted octanol–water partition coefficient (Wildman–Crippen LogP) is 0.449. The number of halogens is 1. The minimum absolute atomic E-state index is 0.124. The van der Waals surface area contributed by atoms with Gasteiger partial charge < -0.3 is 25.4 Å². The van der Waals surface area contributed by atoms with Gasteiger partial charge in [0.2, 0.25) is 5.96 Å². The molecule has 0 spiro atoms. The van der Waals surface area contributed by atoms with Crippen molar-refractivity contribution in [2.75, 3.05) is 26.3 Å². The normalized spacial score (nSPS) is 23.3. The average Bonchev–Trinajstić information content (AvgIpc) is 3.02. The van der Waals surface area contributed by atoms with Crippen molar-refractivity contribution in [2.24, 2.45) is 9.98 Å². The van der Waals surface area contributed by atoms with Gasteiger partial charge in [0.1, 0.15) is 11.6 Å². The number of phenolic OH excluding ortho intramolecular Hbond substituents is 1. The maximum atomic E-state index is 13.7. The Hall–Kier alpha value is -2.61. The fourth-order valence-electron chi connectivity index (χ4n) is 2.83. The molecule has 3 heterocycles. The molecule has 23 heavy (non-hydrogen) atoms. The van der Waals surface area contributed by atoms with Crippen molar-refractivity contribution >= 4 is 18.0 Å². The molecule has 0 bridgehead atoms. The number of phenols is 1. The first-order valence-corrected chi connectivity index (χ1v) is 7.40. The standard InChI is InChI=1S/C15H16FN5O2/c16-10-5-9(6-11(22)7-10)12-13-14(18-8-17-13)20-15(19-12)21-1-3-23-4-2-21/h5-8,14,22H,1-4H2,(H,17,18)(H,19,20). The van der Waals surface area contributed by atoms with Gasteiger partial charge in [0.05, 0.1) is 30.9 Å². The van der Waals surface area contributed by atoms with E-state index in [1.807, 2.05) is 0 Å². The topological polar surface area (TPSA) is 81.5 Å². The molecule has 1 aromatic carbocycles. The third kappa shape index (κ3) is 2.61. The molecule has 0 aliphatic carbocycles. The number of hydrogen-bond donors (Lipinski definition) is 3. The van der Waals surface area contributed by atoms with Crippen LogP contribution in [0.3, 0.4) is 0 Å². The zero-order chi connectivity index (χ0) is 15.8. The van der Waals surface area contributed by atoms with E-state index in [-0.39, 0.29) is 11.9 Å². The Morgan fingerprint density at radius 3 is 2.87 bits per heavy atom. The summed E-state index contributed by atoms with van der Waals surface area (Å²) >= 11 is 0. The van der Waals surface area contributed by atoms with Crippen molar-refractivity contribution in [2.45, 2.75) is 6.17 Å². The van der Waals surface area contributed by atoms with Gasteiger partial charge in [0.25, 0.3) is 0 Å². The number of aliphatic imine (C=N–C) groups is 2. The largest absolute Gasteiger partial charge is 0.508 e. The van der Waals surface area contributed by atoms with E-state index < -0.39 is 5.82 Å². The highest BCUT2D eigenvalue weighted by Gasteiger charge is 2.30. The highest BCUT2D eigenvalue weighted by Crippen LogP contribution is 2.28. The van der Waals surface area contributed by atoms with Crippen LogP contribution in [0.25, 0.3) is 5.70 Å². The number of morpholine rings is 1. The van der Waals surface area contributed by atoms with Crippen molar-refractivity contribution in [3.8, 4) is 5.75 Å². The first-order chi connectivity index (χ1) is 11.2. The molecule has 1 fully saturated rings. The molecule has 4 rings (SSSR count). The fraction of sp³-hybridized carbons (Fsp3) is 0.333. The van der Waals surface area contributed by atoms with Gasteiger partial charge in [0, 0.05) is 24.7 Å². The summed E-state index contributed by atoms with van der Waals surface area (Å²) in [6.07, 6.45) is 1.20. The van der Waals surface area contributed by atoms with Crippen LogP contribution in [-0.4, -0.2) is 54.8 Å². The number of ether oxygens (including phenoxy) is 1. The maximum absolute atomic E-state index is 13.7. The van der Waals surface area contributed by atoms with Crippen molar-refractivity contribution in [3.05, 3.63) is 35.3 Å². The Morgan fingerprint density at radius 2 is 2.09 bits per heavy atom. The van der Waals surface area contributed by atoms with Crippen LogP contribution >= 0.6 is 0 Å². The summed E-state index contributed by atoms with van der Waals surface area (Å²) in [6, 6.07) is 3.96. The number of hydrogen-bond acceptors (Lipinski definition) is 7. The van der Waals surface area contributed by atoms with Gasteiger partial charge in [-0.25, -0.2) is 14.4 Å². The molecule has 1 saturated heterocycles. The van der Waals surface area contributed by atoms with Crippen molar-refractivity contribution < 1.29 is 14.2 Å². The molecular formula is C15H16FN5O2. The van der Waals surface area contributed by atoms with E-state index in [0.29, 0.717) is 30.4 Å². The van der Waals surface area contributed by atoms with Crippen LogP contribution < -0.4 is 10.6 Å². The summed E-state index contributed by atoms with van der Waals surface area (Å²) in [5, 5.41) is 16.0. The number of guanidine groups is 1. The molecular weight excluding hydrogens is 301 g/mol. The number of benzene rings is 1. The zero-order valence-electron chi connectivity index (χ0n) is 12.3. The highest BCUT2D eigenvalue weighted by molar-refractivity contribution is 5.94. The summed E-state index contributed by atoms with van der Waals surface area (Å²) in [4.78, 5) is 11.0. The number of fused-ring (bicyclic) bond motifs is 1. The molecule has 120 valence electrons. The van der Waals surface area contributed by atoms with Crippen LogP contribution in [-0.2, 0) is 4.74 Å². The van der Waals surface area contributed by atoms with Crippen LogP contribution in [0.5, 0.6) is 5.75 Å². The number of aromatic hydroxyl groups is 1. The Labute approximate surface area is 132 Å². The lowest BCUT2D eigenvalue weighted by Crippen LogP contribution is -2.49. The molecule has 3 aliphatic heterocycles. The van der Waals surface area contributed by atoms with Crippen molar-refractivity contribution in [1.29, 1.82) is 0 Å². The van der Waals surface area contributed by atoms with E-state index in [1.165, 1.54) is 12.1 Å². The van der Waals surface area contributed by atoms with Crippen LogP contribution in [0.1, 0.15) is 5.56 Å². The molecule has 0 aromatic heterocycles. The molecule has 1 unspecified atom stereocenters. The molecule has 0 radical (unpaired) electrons. The van der Waals surface area contributed by atoms with Crippen molar-refractivity contribution in [1.82, 2.24) is 15.5 Å². The smallest absolute Gasteiger partial charge is 0.201 e.